The smallest absolute Gasteiger partial charge is 0.328 e. The molecule has 0 spiro atoms. The molecule has 22 heavy (non-hydrogen) atoms. The number of aromatic nitrogens is 2. The fourth-order valence-corrected chi connectivity index (χ4v) is 2.03. The zero-order chi connectivity index (χ0) is 15.5. The van der Waals surface area contributed by atoms with Gasteiger partial charge in [0.1, 0.15) is 6.54 Å². The molecule has 3 rings (SSSR count). The monoisotopic (exact) mass is 303 g/mol. The predicted octanol–water partition coefficient (Wildman–Crippen LogP) is -0.418. The molecule has 2 N–H and O–H groups in total. The Morgan fingerprint density at radius 2 is 2.05 bits per heavy atom. The van der Waals surface area contributed by atoms with Crippen molar-refractivity contribution in [3.63, 3.8) is 0 Å². The van der Waals surface area contributed by atoms with Gasteiger partial charge in [0.25, 0.3) is 5.56 Å². The highest BCUT2D eigenvalue weighted by Gasteiger charge is 2.13. The van der Waals surface area contributed by atoms with Gasteiger partial charge < -0.3 is 14.8 Å². The van der Waals surface area contributed by atoms with Crippen LogP contribution in [0.2, 0.25) is 0 Å². The molecular formula is C14H13N3O5. The molecule has 2 heterocycles. The number of ether oxygens (including phenoxy) is 2. The van der Waals surface area contributed by atoms with E-state index in [2.05, 4.69) is 10.3 Å². The van der Waals surface area contributed by atoms with Gasteiger partial charge in [-0.15, -0.1) is 0 Å². The van der Waals surface area contributed by atoms with Crippen molar-refractivity contribution in [2.75, 3.05) is 6.79 Å². The van der Waals surface area contributed by atoms with Gasteiger partial charge in [0.2, 0.25) is 12.7 Å². The van der Waals surface area contributed by atoms with Crippen LogP contribution < -0.4 is 26.0 Å². The van der Waals surface area contributed by atoms with Gasteiger partial charge in [-0.05, 0) is 17.7 Å². The zero-order valence-corrected chi connectivity index (χ0v) is 11.5. The third-order valence-electron chi connectivity index (χ3n) is 3.14. The number of benzene rings is 1. The first-order chi connectivity index (χ1) is 10.6. The number of nitrogens with one attached hydrogen (secondary N) is 2. The summed E-state index contributed by atoms with van der Waals surface area (Å²) in [5, 5.41) is 2.69. The van der Waals surface area contributed by atoms with Crippen LogP contribution in [0.5, 0.6) is 11.5 Å². The molecule has 1 aromatic carbocycles. The third-order valence-corrected chi connectivity index (χ3v) is 3.14. The Balaban J connectivity index is 1.60. The van der Waals surface area contributed by atoms with Crippen molar-refractivity contribution in [2.45, 2.75) is 13.1 Å². The highest BCUT2D eigenvalue weighted by molar-refractivity contribution is 5.75. The second-order valence-corrected chi connectivity index (χ2v) is 4.70. The van der Waals surface area contributed by atoms with Crippen LogP contribution in [0, 0.1) is 0 Å². The lowest BCUT2D eigenvalue weighted by Gasteiger charge is -2.07. The molecule has 0 saturated heterocycles. The minimum absolute atomic E-state index is 0.167. The van der Waals surface area contributed by atoms with E-state index in [1.165, 1.54) is 12.3 Å². The van der Waals surface area contributed by atoms with Gasteiger partial charge in [-0.25, -0.2) is 4.79 Å². The Morgan fingerprint density at radius 3 is 2.86 bits per heavy atom. The lowest BCUT2D eigenvalue weighted by Crippen LogP contribution is -2.35. The molecule has 1 aliphatic heterocycles. The maximum Gasteiger partial charge on any atom is 0.328 e. The third kappa shape index (κ3) is 3.00. The number of H-pyrrole nitrogens is 1. The Labute approximate surface area is 124 Å². The normalized spacial score (nSPS) is 12.2. The van der Waals surface area contributed by atoms with E-state index in [4.69, 9.17) is 9.47 Å². The number of hydrogen-bond acceptors (Lipinski definition) is 5. The van der Waals surface area contributed by atoms with Gasteiger partial charge in [-0.2, -0.15) is 0 Å². The number of carbonyl (C=O) groups is 1. The Kier molecular flexibility index (Phi) is 3.65. The summed E-state index contributed by atoms with van der Waals surface area (Å²) in [6, 6.07) is 6.57. The SMILES string of the molecule is O=C(Cn1ccc(=O)[nH]c1=O)NCc1ccc2c(c1)OCO2. The van der Waals surface area contributed by atoms with E-state index in [1.807, 2.05) is 6.07 Å². The quantitative estimate of drug-likeness (QED) is 0.799. The van der Waals surface area contributed by atoms with E-state index in [1.54, 1.807) is 12.1 Å². The molecule has 8 nitrogen and oxygen atoms in total. The predicted molar refractivity (Wildman–Crippen MR) is 75.7 cm³/mol. The van der Waals surface area contributed by atoms with Crippen molar-refractivity contribution >= 4 is 5.91 Å². The molecule has 1 aromatic heterocycles. The van der Waals surface area contributed by atoms with E-state index in [0.29, 0.717) is 18.0 Å². The van der Waals surface area contributed by atoms with Gasteiger partial charge in [-0.1, -0.05) is 6.07 Å². The molecule has 114 valence electrons. The van der Waals surface area contributed by atoms with Gasteiger partial charge in [-0.3, -0.25) is 19.1 Å². The molecule has 0 aliphatic carbocycles. The molecule has 0 unspecified atom stereocenters. The molecule has 0 fully saturated rings. The van der Waals surface area contributed by atoms with Crippen LogP contribution in [0.25, 0.3) is 0 Å². The number of hydrogen-bond donors (Lipinski definition) is 2. The Hall–Kier alpha value is -3.03. The van der Waals surface area contributed by atoms with Crippen LogP contribution in [-0.4, -0.2) is 22.3 Å². The van der Waals surface area contributed by atoms with Crippen molar-refractivity contribution < 1.29 is 14.3 Å². The van der Waals surface area contributed by atoms with Crippen molar-refractivity contribution in [1.29, 1.82) is 0 Å². The molecule has 1 aliphatic rings. The number of nitrogens with zero attached hydrogens (tertiary/aromatic N) is 1. The van der Waals surface area contributed by atoms with Gasteiger partial charge in [0.05, 0.1) is 0 Å². The molecule has 0 radical (unpaired) electrons. The Bertz CT molecular complexity index is 824. The lowest BCUT2D eigenvalue weighted by molar-refractivity contribution is -0.121. The first kappa shape index (κ1) is 13.9. The van der Waals surface area contributed by atoms with Crippen LogP contribution in [0.15, 0.2) is 40.1 Å². The topological polar surface area (TPSA) is 102 Å². The van der Waals surface area contributed by atoms with E-state index in [0.717, 1.165) is 10.1 Å². The summed E-state index contributed by atoms with van der Waals surface area (Å²) in [6.07, 6.45) is 1.28. The number of rotatable bonds is 4. The fourth-order valence-electron chi connectivity index (χ4n) is 2.03. The lowest BCUT2D eigenvalue weighted by atomic mass is 10.2. The van der Waals surface area contributed by atoms with E-state index in [-0.39, 0.29) is 19.2 Å². The fraction of sp³-hybridized carbons (Fsp3) is 0.214. The molecule has 0 atom stereocenters. The largest absolute Gasteiger partial charge is 0.454 e. The van der Waals surface area contributed by atoms with Crippen molar-refractivity contribution in [2.24, 2.45) is 0 Å². The number of carbonyl (C=O) groups excluding carboxylic acids is 1. The minimum Gasteiger partial charge on any atom is -0.454 e. The van der Waals surface area contributed by atoms with E-state index in [9.17, 15) is 14.4 Å². The zero-order valence-electron chi connectivity index (χ0n) is 11.5. The number of aromatic amines is 1. The van der Waals surface area contributed by atoms with Crippen LogP contribution in [0.3, 0.4) is 0 Å². The molecule has 0 bridgehead atoms. The van der Waals surface area contributed by atoms with Crippen molar-refractivity contribution in [3.8, 4) is 11.5 Å². The summed E-state index contributed by atoms with van der Waals surface area (Å²) < 4.78 is 11.6. The number of fused-ring (bicyclic) bond motifs is 1. The molecule has 1 amide bonds. The molecule has 0 saturated carbocycles. The standard InChI is InChI=1S/C14H13N3O5/c18-12-3-4-17(14(20)16-12)7-13(19)15-6-9-1-2-10-11(5-9)22-8-21-10/h1-5H,6-8H2,(H,15,19)(H,16,18,20). The van der Waals surface area contributed by atoms with Crippen LogP contribution >= 0.6 is 0 Å². The van der Waals surface area contributed by atoms with Crippen LogP contribution in [0.4, 0.5) is 0 Å². The van der Waals surface area contributed by atoms with Gasteiger partial charge in [0, 0.05) is 18.8 Å². The van der Waals surface area contributed by atoms with E-state index < -0.39 is 11.2 Å². The minimum atomic E-state index is -0.620. The van der Waals surface area contributed by atoms with Gasteiger partial charge in [0.15, 0.2) is 11.5 Å². The van der Waals surface area contributed by atoms with Gasteiger partial charge >= 0.3 is 5.69 Å². The summed E-state index contributed by atoms with van der Waals surface area (Å²) in [4.78, 5) is 36.3. The average Bonchev–Trinajstić information content (AvgIpc) is 2.95. The second-order valence-electron chi connectivity index (χ2n) is 4.70. The number of amides is 1. The molecule has 2 aromatic rings. The van der Waals surface area contributed by atoms with Crippen molar-refractivity contribution in [3.05, 3.63) is 56.9 Å². The summed E-state index contributed by atoms with van der Waals surface area (Å²) in [6.45, 7) is 0.327. The highest BCUT2D eigenvalue weighted by atomic mass is 16.7. The maximum absolute atomic E-state index is 11.8. The van der Waals surface area contributed by atoms with Crippen LogP contribution in [-0.2, 0) is 17.9 Å². The first-order valence-corrected chi connectivity index (χ1v) is 6.57. The summed E-state index contributed by atoms with van der Waals surface area (Å²) in [7, 11) is 0. The maximum atomic E-state index is 11.8. The Morgan fingerprint density at radius 1 is 1.23 bits per heavy atom. The highest BCUT2D eigenvalue weighted by Crippen LogP contribution is 2.32. The van der Waals surface area contributed by atoms with Crippen LogP contribution in [0.1, 0.15) is 5.56 Å². The first-order valence-electron chi connectivity index (χ1n) is 6.57. The summed E-state index contributed by atoms with van der Waals surface area (Å²) in [5.74, 6) is 0.977. The van der Waals surface area contributed by atoms with Crippen molar-refractivity contribution in [1.82, 2.24) is 14.9 Å². The molecule has 8 heteroatoms. The summed E-state index contributed by atoms with van der Waals surface area (Å²) in [5.41, 5.74) is -0.265. The van der Waals surface area contributed by atoms with E-state index >= 15 is 0 Å². The summed E-state index contributed by atoms with van der Waals surface area (Å²) >= 11 is 0. The average molecular weight is 303 g/mol. The molecular weight excluding hydrogens is 290 g/mol. The second kappa shape index (κ2) is 5.76.